The van der Waals surface area contributed by atoms with E-state index in [0.29, 0.717) is 5.92 Å². The van der Waals surface area contributed by atoms with E-state index in [4.69, 9.17) is 17.3 Å². The Balaban J connectivity index is 2.76. The molecule has 1 nitrogen and oxygen atoms in total. The summed E-state index contributed by atoms with van der Waals surface area (Å²) in [6.07, 6.45) is 1.00. The van der Waals surface area contributed by atoms with Gasteiger partial charge in [-0.2, -0.15) is 0 Å². The maximum absolute atomic E-state index is 5.95. The van der Waals surface area contributed by atoms with Gasteiger partial charge in [0, 0.05) is 5.02 Å². The molecule has 0 aliphatic carbocycles. The van der Waals surface area contributed by atoms with Crippen molar-refractivity contribution in [2.75, 3.05) is 6.54 Å². The number of hydrogen-bond acceptors (Lipinski definition) is 1. The van der Waals surface area contributed by atoms with Crippen LogP contribution in [0.15, 0.2) is 24.3 Å². The van der Waals surface area contributed by atoms with E-state index in [-0.39, 0.29) is 5.41 Å². The number of rotatable bonds is 3. The first-order chi connectivity index (χ1) is 6.93. The minimum Gasteiger partial charge on any atom is -0.330 e. The average Bonchev–Trinajstić information content (AvgIpc) is 2.12. The fourth-order valence-corrected chi connectivity index (χ4v) is 1.90. The highest BCUT2D eigenvalue weighted by molar-refractivity contribution is 6.30. The lowest BCUT2D eigenvalue weighted by atomic mass is 9.77. The molecule has 1 atom stereocenters. The van der Waals surface area contributed by atoms with E-state index in [1.54, 1.807) is 0 Å². The molecule has 0 bridgehead atoms. The van der Waals surface area contributed by atoms with Crippen LogP contribution in [-0.2, 0) is 6.42 Å². The van der Waals surface area contributed by atoms with Gasteiger partial charge in [0.05, 0.1) is 0 Å². The molecule has 1 aromatic carbocycles. The van der Waals surface area contributed by atoms with Crippen LogP contribution in [0.4, 0.5) is 0 Å². The number of nitrogens with two attached hydrogens (primary N) is 1. The first kappa shape index (κ1) is 12.5. The second-order valence-electron chi connectivity index (χ2n) is 5.13. The molecule has 0 radical (unpaired) electrons. The van der Waals surface area contributed by atoms with Crippen molar-refractivity contribution in [1.29, 1.82) is 0 Å². The van der Waals surface area contributed by atoms with Crippen molar-refractivity contribution < 1.29 is 0 Å². The van der Waals surface area contributed by atoms with Crippen molar-refractivity contribution in [3.8, 4) is 0 Å². The maximum atomic E-state index is 5.95. The predicted molar refractivity (Wildman–Crippen MR) is 67.2 cm³/mol. The first-order valence-corrected chi connectivity index (χ1v) is 5.76. The molecule has 2 heteroatoms. The second-order valence-corrected chi connectivity index (χ2v) is 5.57. The number of halogens is 1. The van der Waals surface area contributed by atoms with E-state index in [9.17, 15) is 0 Å². The van der Waals surface area contributed by atoms with Gasteiger partial charge in [-0.3, -0.25) is 0 Å². The summed E-state index contributed by atoms with van der Waals surface area (Å²) in [5.41, 5.74) is 7.33. The van der Waals surface area contributed by atoms with Gasteiger partial charge < -0.3 is 5.73 Å². The Labute approximate surface area is 97.6 Å². The summed E-state index contributed by atoms with van der Waals surface area (Å²) in [4.78, 5) is 0. The minimum absolute atomic E-state index is 0.247. The average molecular weight is 226 g/mol. The van der Waals surface area contributed by atoms with Crippen molar-refractivity contribution in [2.45, 2.75) is 27.2 Å². The Morgan fingerprint density at radius 2 is 2.00 bits per heavy atom. The summed E-state index contributed by atoms with van der Waals surface area (Å²) >= 11 is 5.95. The Hall–Kier alpha value is -0.530. The Morgan fingerprint density at radius 1 is 1.33 bits per heavy atom. The molecule has 15 heavy (non-hydrogen) atoms. The summed E-state index contributed by atoms with van der Waals surface area (Å²) in [5.74, 6) is 0.496. The lowest BCUT2D eigenvalue weighted by Crippen LogP contribution is -2.29. The monoisotopic (exact) mass is 225 g/mol. The van der Waals surface area contributed by atoms with Gasteiger partial charge in [0.15, 0.2) is 0 Å². The molecule has 0 spiro atoms. The van der Waals surface area contributed by atoms with E-state index >= 15 is 0 Å². The molecule has 84 valence electrons. The molecule has 0 saturated carbocycles. The zero-order chi connectivity index (χ0) is 11.5. The van der Waals surface area contributed by atoms with Gasteiger partial charge in [0.1, 0.15) is 0 Å². The minimum atomic E-state index is 0.247. The molecule has 0 aliphatic rings. The van der Waals surface area contributed by atoms with E-state index < -0.39 is 0 Å². The third-order valence-corrected chi connectivity index (χ3v) is 3.12. The van der Waals surface area contributed by atoms with Crippen LogP contribution in [0.5, 0.6) is 0 Å². The van der Waals surface area contributed by atoms with Crippen LogP contribution in [0.2, 0.25) is 5.02 Å². The highest BCUT2D eigenvalue weighted by Crippen LogP contribution is 2.28. The lowest BCUT2D eigenvalue weighted by Gasteiger charge is -2.29. The number of hydrogen-bond donors (Lipinski definition) is 1. The van der Waals surface area contributed by atoms with Crippen LogP contribution in [0, 0.1) is 11.3 Å². The smallest absolute Gasteiger partial charge is 0.0408 e. The molecular formula is C13H20ClN. The zero-order valence-corrected chi connectivity index (χ0v) is 10.5. The molecule has 1 aromatic rings. The van der Waals surface area contributed by atoms with Crippen molar-refractivity contribution in [1.82, 2.24) is 0 Å². The third-order valence-electron chi connectivity index (χ3n) is 2.88. The zero-order valence-electron chi connectivity index (χ0n) is 9.76. The topological polar surface area (TPSA) is 26.0 Å². The van der Waals surface area contributed by atoms with E-state index in [1.807, 2.05) is 18.2 Å². The van der Waals surface area contributed by atoms with Gasteiger partial charge in [-0.25, -0.2) is 0 Å². The van der Waals surface area contributed by atoms with Crippen molar-refractivity contribution >= 4 is 11.6 Å². The summed E-state index contributed by atoms with van der Waals surface area (Å²) in [7, 11) is 0. The van der Waals surface area contributed by atoms with Crippen LogP contribution >= 0.6 is 11.6 Å². The summed E-state index contributed by atoms with van der Waals surface area (Å²) in [6.45, 7) is 7.41. The van der Waals surface area contributed by atoms with Crippen molar-refractivity contribution in [3.05, 3.63) is 34.9 Å². The van der Waals surface area contributed by atoms with Crippen LogP contribution in [0.25, 0.3) is 0 Å². The van der Waals surface area contributed by atoms with Gasteiger partial charge in [0.2, 0.25) is 0 Å². The summed E-state index contributed by atoms with van der Waals surface area (Å²) < 4.78 is 0. The lowest BCUT2D eigenvalue weighted by molar-refractivity contribution is 0.246. The Morgan fingerprint density at radius 3 is 2.47 bits per heavy atom. The highest BCUT2D eigenvalue weighted by Gasteiger charge is 2.23. The standard InChI is InChI=1S/C13H20ClN/c1-13(2,3)11(9-15)7-10-5-4-6-12(14)8-10/h4-6,8,11H,7,9,15H2,1-3H3. The fourth-order valence-electron chi connectivity index (χ4n) is 1.69. The van der Waals surface area contributed by atoms with Crippen molar-refractivity contribution in [3.63, 3.8) is 0 Å². The van der Waals surface area contributed by atoms with E-state index in [2.05, 4.69) is 26.8 Å². The molecule has 1 rings (SSSR count). The molecule has 2 N–H and O–H groups in total. The highest BCUT2D eigenvalue weighted by atomic mass is 35.5. The van der Waals surface area contributed by atoms with Crippen LogP contribution in [-0.4, -0.2) is 6.54 Å². The predicted octanol–water partition coefficient (Wildman–Crippen LogP) is 3.50. The van der Waals surface area contributed by atoms with Gasteiger partial charge in [0.25, 0.3) is 0 Å². The van der Waals surface area contributed by atoms with E-state index in [1.165, 1.54) is 5.56 Å². The van der Waals surface area contributed by atoms with Crippen LogP contribution in [0.3, 0.4) is 0 Å². The normalized spacial score (nSPS) is 13.9. The van der Waals surface area contributed by atoms with E-state index in [0.717, 1.165) is 18.0 Å². The van der Waals surface area contributed by atoms with Crippen LogP contribution < -0.4 is 5.73 Å². The quantitative estimate of drug-likeness (QED) is 0.837. The molecule has 0 fully saturated rings. The Bertz CT molecular complexity index is 315. The van der Waals surface area contributed by atoms with Gasteiger partial charge >= 0.3 is 0 Å². The largest absolute Gasteiger partial charge is 0.330 e. The van der Waals surface area contributed by atoms with Gasteiger partial charge in [-0.1, -0.05) is 44.5 Å². The van der Waals surface area contributed by atoms with Crippen molar-refractivity contribution in [2.24, 2.45) is 17.1 Å². The molecule has 0 aliphatic heterocycles. The third kappa shape index (κ3) is 3.84. The van der Waals surface area contributed by atoms with Crippen LogP contribution in [0.1, 0.15) is 26.3 Å². The summed E-state index contributed by atoms with van der Waals surface area (Å²) in [6, 6.07) is 8.03. The summed E-state index contributed by atoms with van der Waals surface area (Å²) in [5, 5.41) is 0.803. The fraction of sp³-hybridized carbons (Fsp3) is 0.538. The molecule has 0 aromatic heterocycles. The SMILES string of the molecule is CC(C)(C)C(CN)Cc1cccc(Cl)c1. The molecule has 0 amide bonds. The van der Waals surface area contributed by atoms with Gasteiger partial charge in [-0.05, 0) is 42.0 Å². The Kier molecular flexibility index (Phi) is 4.18. The second kappa shape index (κ2) is 5.00. The molecule has 0 heterocycles. The first-order valence-electron chi connectivity index (χ1n) is 5.38. The molecule has 1 unspecified atom stereocenters. The molecule has 0 saturated heterocycles. The number of benzene rings is 1. The molecular weight excluding hydrogens is 206 g/mol. The van der Waals surface area contributed by atoms with Gasteiger partial charge in [-0.15, -0.1) is 0 Å². The maximum Gasteiger partial charge on any atom is 0.0408 e.